The first kappa shape index (κ1) is 23.6. The van der Waals surface area contributed by atoms with Crippen molar-refractivity contribution < 1.29 is 4.79 Å². The summed E-state index contributed by atoms with van der Waals surface area (Å²) >= 11 is 1.59. The lowest BCUT2D eigenvalue weighted by atomic mass is 10.0. The maximum atomic E-state index is 13.4. The lowest BCUT2D eigenvalue weighted by Crippen LogP contribution is -2.18. The van der Waals surface area contributed by atoms with Gasteiger partial charge < -0.3 is 10.2 Å². The number of nitrogens with zero attached hydrogens (tertiary/aromatic N) is 2. The molecule has 0 saturated heterocycles. The maximum Gasteiger partial charge on any atom is 0.258 e. The van der Waals surface area contributed by atoms with Crippen molar-refractivity contribution in [2.45, 2.75) is 23.6 Å². The molecule has 5 heteroatoms. The number of carbonyl (C=O) groups is 1. The van der Waals surface area contributed by atoms with Crippen molar-refractivity contribution >= 4 is 29.0 Å². The van der Waals surface area contributed by atoms with E-state index in [1.54, 1.807) is 18.0 Å². The van der Waals surface area contributed by atoms with Gasteiger partial charge in [-0.1, -0.05) is 85.4 Å². The van der Waals surface area contributed by atoms with Gasteiger partial charge >= 0.3 is 0 Å². The molecule has 0 radical (unpaired) electrons. The van der Waals surface area contributed by atoms with Crippen molar-refractivity contribution in [2.24, 2.45) is 0 Å². The zero-order valence-electron chi connectivity index (χ0n) is 19.7. The van der Waals surface area contributed by atoms with Gasteiger partial charge in [-0.05, 0) is 47.4 Å². The van der Waals surface area contributed by atoms with Gasteiger partial charge in [0.15, 0.2) is 0 Å². The van der Waals surface area contributed by atoms with Crippen LogP contribution in [-0.2, 0) is 6.42 Å². The monoisotopic (exact) mass is 467 g/mol. The number of pyridine rings is 1. The molecular weight excluding hydrogens is 438 g/mol. The fourth-order valence-corrected chi connectivity index (χ4v) is 5.03. The van der Waals surface area contributed by atoms with Crippen molar-refractivity contribution in [2.75, 3.05) is 24.3 Å². The highest BCUT2D eigenvalue weighted by Crippen LogP contribution is 2.41. The second kappa shape index (κ2) is 11.0. The second-order valence-electron chi connectivity index (χ2n) is 8.23. The van der Waals surface area contributed by atoms with E-state index < -0.39 is 0 Å². The Kier molecular flexibility index (Phi) is 7.65. The van der Waals surface area contributed by atoms with E-state index in [0.29, 0.717) is 10.6 Å². The van der Waals surface area contributed by atoms with Crippen LogP contribution in [0.3, 0.4) is 0 Å². The summed E-state index contributed by atoms with van der Waals surface area (Å²) in [7, 11) is 3.97. The zero-order valence-corrected chi connectivity index (χ0v) is 20.5. The Morgan fingerprint density at radius 1 is 0.912 bits per heavy atom. The molecule has 0 saturated carbocycles. The lowest BCUT2D eigenvalue weighted by Gasteiger charge is -2.20. The van der Waals surface area contributed by atoms with Crippen LogP contribution >= 0.6 is 11.8 Å². The number of benzene rings is 3. The highest BCUT2D eigenvalue weighted by molar-refractivity contribution is 7.99. The Labute approximate surface area is 206 Å². The molecule has 4 rings (SSSR count). The third-order valence-corrected chi connectivity index (χ3v) is 6.98. The standard InChI is InChI=1S/C29H29N3OS/c1-4-21-17-18-25(26(20-21)32(2)3)31-28(33)24-16-11-19-30-29(24)34-27(22-12-7-5-8-13-22)23-14-9-6-10-15-23/h5-20,27H,4H2,1-3H3,(H,31,33). The lowest BCUT2D eigenvalue weighted by molar-refractivity contribution is 0.102. The molecule has 4 aromatic rings. The van der Waals surface area contributed by atoms with Crippen molar-refractivity contribution in [3.8, 4) is 0 Å². The zero-order chi connectivity index (χ0) is 23.9. The van der Waals surface area contributed by atoms with E-state index in [1.807, 2.05) is 73.6 Å². The molecular formula is C29H29N3OS. The Hall–Kier alpha value is -3.57. The van der Waals surface area contributed by atoms with E-state index in [9.17, 15) is 4.79 Å². The largest absolute Gasteiger partial charge is 0.376 e. The van der Waals surface area contributed by atoms with Crippen LogP contribution in [0.1, 0.15) is 39.2 Å². The topological polar surface area (TPSA) is 45.2 Å². The summed E-state index contributed by atoms with van der Waals surface area (Å²) < 4.78 is 0. The first-order valence-electron chi connectivity index (χ1n) is 11.4. The maximum absolute atomic E-state index is 13.4. The number of hydrogen-bond acceptors (Lipinski definition) is 4. The molecule has 0 spiro atoms. The normalized spacial score (nSPS) is 10.8. The smallest absolute Gasteiger partial charge is 0.258 e. The Morgan fingerprint density at radius 2 is 1.56 bits per heavy atom. The molecule has 0 unspecified atom stereocenters. The summed E-state index contributed by atoms with van der Waals surface area (Å²) in [4.78, 5) is 20.1. The van der Waals surface area contributed by atoms with Crippen LogP contribution < -0.4 is 10.2 Å². The van der Waals surface area contributed by atoms with Gasteiger partial charge in [0.2, 0.25) is 0 Å². The summed E-state index contributed by atoms with van der Waals surface area (Å²) in [5, 5.41) is 3.84. The molecule has 0 bridgehead atoms. The summed E-state index contributed by atoms with van der Waals surface area (Å²) in [6, 6.07) is 30.5. The molecule has 34 heavy (non-hydrogen) atoms. The van der Waals surface area contributed by atoms with Gasteiger partial charge in [-0.2, -0.15) is 0 Å². The molecule has 0 fully saturated rings. The van der Waals surface area contributed by atoms with Crippen molar-refractivity contribution in [3.05, 3.63) is 119 Å². The van der Waals surface area contributed by atoms with Gasteiger partial charge in [0.25, 0.3) is 5.91 Å². The molecule has 0 aliphatic heterocycles. The van der Waals surface area contributed by atoms with Crippen LogP contribution in [0, 0.1) is 0 Å². The summed E-state index contributed by atoms with van der Waals surface area (Å²) in [5.74, 6) is -0.164. The molecule has 1 N–H and O–H groups in total. The second-order valence-corrected chi connectivity index (χ2v) is 9.32. The van der Waals surface area contributed by atoms with Gasteiger partial charge in [-0.25, -0.2) is 4.98 Å². The highest BCUT2D eigenvalue weighted by atomic mass is 32.2. The number of rotatable bonds is 8. The first-order chi connectivity index (χ1) is 16.6. The fourth-order valence-electron chi connectivity index (χ4n) is 3.82. The minimum Gasteiger partial charge on any atom is -0.376 e. The van der Waals surface area contributed by atoms with E-state index in [1.165, 1.54) is 16.7 Å². The van der Waals surface area contributed by atoms with Gasteiger partial charge in [0, 0.05) is 20.3 Å². The predicted molar refractivity (Wildman–Crippen MR) is 143 cm³/mol. The van der Waals surface area contributed by atoms with Crippen LogP contribution in [0.5, 0.6) is 0 Å². The minimum atomic E-state index is -0.164. The van der Waals surface area contributed by atoms with E-state index in [2.05, 4.69) is 53.6 Å². The van der Waals surface area contributed by atoms with Crippen LogP contribution in [0.25, 0.3) is 0 Å². The Morgan fingerprint density at radius 3 is 2.15 bits per heavy atom. The third-order valence-electron chi connectivity index (χ3n) is 5.65. The molecule has 4 nitrogen and oxygen atoms in total. The molecule has 0 atom stereocenters. The molecule has 0 aliphatic rings. The fraction of sp³-hybridized carbons (Fsp3) is 0.172. The number of anilines is 2. The number of aromatic nitrogens is 1. The summed E-state index contributed by atoms with van der Waals surface area (Å²) in [6.07, 6.45) is 2.69. The van der Waals surface area contributed by atoms with Gasteiger partial charge in [-0.3, -0.25) is 4.79 Å². The molecule has 1 heterocycles. The molecule has 0 aliphatic carbocycles. The Balaban J connectivity index is 1.66. The van der Waals surface area contributed by atoms with Crippen molar-refractivity contribution in [1.29, 1.82) is 0 Å². The molecule has 3 aromatic carbocycles. The summed E-state index contributed by atoms with van der Waals surface area (Å²) in [6.45, 7) is 2.13. The van der Waals surface area contributed by atoms with E-state index in [0.717, 1.165) is 17.8 Å². The highest BCUT2D eigenvalue weighted by Gasteiger charge is 2.21. The minimum absolute atomic E-state index is 0.0185. The number of hydrogen-bond donors (Lipinski definition) is 1. The van der Waals surface area contributed by atoms with Crippen molar-refractivity contribution in [1.82, 2.24) is 4.98 Å². The third kappa shape index (κ3) is 5.49. The predicted octanol–water partition coefficient (Wildman–Crippen LogP) is 6.84. The number of nitrogens with one attached hydrogen (secondary N) is 1. The number of thioether (sulfide) groups is 1. The first-order valence-corrected chi connectivity index (χ1v) is 12.3. The summed E-state index contributed by atoms with van der Waals surface area (Å²) in [5.41, 5.74) is 5.90. The number of aryl methyl sites for hydroxylation is 1. The van der Waals surface area contributed by atoms with Crippen LogP contribution in [0.15, 0.2) is 102 Å². The average Bonchev–Trinajstić information content (AvgIpc) is 2.88. The molecule has 1 amide bonds. The number of amides is 1. The van der Waals surface area contributed by atoms with E-state index >= 15 is 0 Å². The Bertz CT molecular complexity index is 1200. The SMILES string of the molecule is CCc1ccc(NC(=O)c2cccnc2SC(c2ccccc2)c2ccccc2)c(N(C)C)c1. The van der Waals surface area contributed by atoms with E-state index in [4.69, 9.17) is 0 Å². The van der Waals surface area contributed by atoms with Gasteiger partial charge in [-0.15, -0.1) is 0 Å². The van der Waals surface area contributed by atoms with Crippen molar-refractivity contribution in [3.63, 3.8) is 0 Å². The van der Waals surface area contributed by atoms with E-state index in [-0.39, 0.29) is 11.2 Å². The number of carbonyl (C=O) groups excluding carboxylic acids is 1. The van der Waals surface area contributed by atoms with Crippen LogP contribution in [-0.4, -0.2) is 25.0 Å². The van der Waals surface area contributed by atoms with Gasteiger partial charge in [0.05, 0.1) is 22.2 Å². The average molecular weight is 468 g/mol. The molecule has 172 valence electrons. The quantitative estimate of drug-likeness (QED) is 0.288. The van der Waals surface area contributed by atoms with Crippen LogP contribution in [0.4, 0.5) is 11.4 Å². The van der Waals surface area contributed by atoms with Gasteiger partial charge in [0.1, 0.15) is 5.03 Å². The van der Waals surface area contributed by atoms with Crippen LogP contribution in [0.2, 0.25) is 0 Å². The molecule has 1 aromatic heterocycles.